The van der Waals surface area contributed by atoms with Crippen LogP contribution in [0.4, 0.5) is 5.82 Å². The standard InChI is InChI=1S/C15H16ClN3O/c16-12-2-1-3-13(10-12)20-14-4-5-15(18-11-14)19-8-6-17-7-9-19/h1-5,10-11,17H,6-9H2. The summed E-state index contributed by atoms with van der Waals surface area (Å²) in [6.07, 6.45) is 1.75. The van der Waals surface area contributed by atoms with Crippen molar-refractivity contribution >= 4 is 17.4 Å². The molecule has 0 amide bonds. The second-order valence-corrected chi connectivity index (χ2v) is 5.09. The van der Waals surface area contributed by atoms with E-state index in [1.807, 2.05) is 30.3 Å². The van der Waals surface area contributed by atoms with E-state index in [1.54, 1.807) is 12.3 Å². The molecular weight excluding hydrogens is 274 g/mol. The number of hydrogen-bond acceptors (Lipinski definition) is 4. The molecule has 0 radical (unpaired) electrons. The molecule has 2 aromatic rings. The summed E-state index contributed by atoms with van der Waals surface area (Å²) in [6, 6.07) is 11.3. The van der Waals surface area contributed by atoms with E-state index in [2.05, 4.69) is 15.2 Å². The molecule has 3 rings (SSSR count). The van der Waals surface area contributed by atoms with Gasteiger partial charge in [0.25, 0.3) is 0 Å². The molecule has 104 valence electrons. The second kappa shape index (κ2) is 6.11. The van der Waals surface area contributed by atoms with Gasteiger partial charge >= 0.3 is 0 Å². The first kappa shape index (κ1) is 13.2. The van der Waals surface area contributed by atoms with Gasteiger partial charge in [-0.3, -0.25) is 0 Å². The Hall–Kier alpha value is -1.78. The van der Waals surface area contributed by atoms with Crippen LogP contribution in [0.3, 0.4) is 0 Å². The highest BCUT2D eigenvalue weighted by Crippen LogP contribution is 2.24. The summed E-state index contributed by atoms with van der Waals surface area (Å²) in [5.74, 6) is 2.42. The van der Waals surface area contributed by atoms with Gasteiger partial charge in [0.1, 0.15) is 17.3 Å². The van der Waals surface area contributed by atoms with E-state index in [-0.39, 0.29) is 0 Å². The summed E-state index contributed by atoms with van der Waals surface area (Å²) in [6.45, 7) is 3.98. The molecule has 0 bridgehead atoms. The van der Waals surface area contributed by atoms with E-state index in [4.69, 9.17) is 16.3 Å². The zero-order chi connectivity index (χ0) is 13.8. The number of nitrogens with one attached hydrogen (secondary N) is 1. The molecule has 5 heteroatoms. The Morgan fingerprint density at radius 3 is 2.65 bits per heavy atom. The van der Waals surface area contributed by atoms with Crippen LogP contribution in [0.25, 0.3) is 0 Å². The number of aromatic nitrogens is 1. The number of rotatable bonds is 3. The van der Waals surface area contributed by atoms with E-state index in [9.17, 15) is 0 Å². The van der Waals surface area contributed by atoms with Crippen LogP contribution in [0.2, 0.25) is 5.02 Å². The van der Waals surface area contributed by atoms with Crippen molar-refractivity contribution in [3.8, 4) is 11.5 Å². The summed E-state index contributed by atoms with van der Waals surface area (Å²) in [5.41, 5.74) is 0. The maximum Gasteiger partial charge on any atom is 0.145 e. The fourth-order valence-corrected chi connectivity index (χ4v) is 2.36. The number of benzene rings is 1. The van der Waals surface area contributed by atoms with Crippen LogP contribution in [0, 0.1) is 0 Å². The van der Waals surface area contributed by atoms with Gasteiger partial charge < -0.3 is 15.0 Å². The summed E-state index contributed by atoms with van der Waals surface area (Å²) < 4.78 is 5.72. The first-order chi connectivity index (χ1) is 9.81. The van der Waals surface area contributed by atoms with Crippen LogP contribution in [0.5, 0.6) is 11.5 Å². The highest BCUT2D eigenvalue weighted by atomic mass is 35.5. The molecule has 1 aliphatic heterocycles. The lowest BCUT2D eigenvalue weighted by Crippen LogP contribution is -2.43. The van der Waals surface area contributed by atoms with Crippen LogP contribution in [-0.4, -0.2) is 31.2 Å². The fraction of sp³-hybridized carbons (Fsp3) is 0.267. The zero-order valence-electron chi connectivity index (χ0n) is 11.1. The van der Waals surface area contributed by atoms with Gasteiger partial charge in [0.05, 0.1) is 6.20 Å². The highest BCUT2D eigenvalue weighted by molar-refractivity contribution is 6.30. The predicted molar refractivity (Wildman–Crippen MR) is 80.8 cm³/mol. The number of hydrogen-bond donors (Lipinski definition) is 1. The topological polar surface area (TPSA) is 37.4 Å². The molecule has 0 spiro atoms. The molecular formula is C15H16ClN3O. The lowest BCUT2D eigenvalue weighted by Gasteiger charge is -2.28. The average molecular weight is 290 g/mol. The Morgan fingerprint density at radius 2 is 1.95 bits per heavy atom. The van der Waals surface area contributed by atoms with Crippen molar-refractivity contribution in [3.05, 3.63) is 47.6 Å². The molecule has 1 aromatic heterocycles. The number of ether oxygens (including phenoxy) is 1. The molecule has 1 aromatic carbocycles. The monoisotopic (exact) mass is 289 g/mol. The van der Waals surface area contributed by atoms with E-state index >= 15 is 0 Å². The molecule has 0 aliphatic carbocycles. The van der Waals surface area contributed by atoms with Crippen LogP contribution < -0.4 is 15.0 Å². The van der Waals surface area contributed by atoms with Gasteiger partial charge in [-0.2, -0.15) is 0 Å². The predicted octanol–water partition coefficient (Wildman–Crippen LogP) is 2.94. The van der Waals surface area contributed by atoms with Gasteiger partial charge in [-0.1, -0.05) is 17.7 Å². The van der Waals surface area contributed by atoms with Gasteiger partial charge in [-0.25, -0.2) is 4.98 Å². The smallest absolute Gasteiger partial charge is 0.145 e. The SMILES string of the molecule is Clc1cccc(Oc2ccc(N3CCNCC3)nc2)c1. The maximum absolute atomic E-state index is 5.93. The molecule has 1 aliphatic rings. The molecule has 1 N–H and O–H groups in total. The van der Waals surface area contributed by atoms with Crippen LogP contribution in [-0.2, 0) is 0 Å². The van der Waals surface area contributed by atoms with Crippen LogP contribution in [0.15, 0.2) is 42.6 Å². The third kappa shape index (κ3) is 3.21. The number of halogens is 1. The fourth-order valence-electron chi connectivity index (χ4n) is 2.18. The first-order valence-corrected chi connectivity index (χ1v) is 7.04. The van der Waals surface area contributed by atoms with Crippen LogP contribution >= 0.6 is 11.6 Å². The van der Waals surface area contributed by atoms with Gasteiger partial charge in [-0.15, -0.1) is 0 Å². The Morgan fingerprint density at radius 1 is 1.10 bits per heavy atom. The van der Waals surface area contributed by atoms with Crippen molar-refractivity contribution in [3.63, 3.8) is 0 Å². The largest absolute Gasteiger partial charge is 0.456 e. The number of nitrogens with zero attached hydrogens (tertiary/aromatic N) is 2. The maximum atomic E-state index is 5.93. The van der Waals surface area contributed by atoms with Gasteiger partial charge in [0, 0.05) is 31.2 Å². The molecule has 0 unspecified atom stereocenters. The minimum atomic E-state index is 0.660. The van der Waals surface area contributed by atoms with Crippen molar-refractivity contribution < 1.29 is 4.74 Å². The Bertz CT molecular complexity index is 568. The number of pyridine rings is 1. The van der Waals surface area contributed by atoms with E-state index in [0.29, 0.717) is 16.5 Å². The molecule has 0 saturated carbocycles. The molecule has 4 nitrogen and oxygen atoms in total. The molecule has 20 heavy (non-hydrogen) atoms. The summed E-state index contributed by atoms with van der Waals surface area (Å²) in [5, 5.41) is 3.99. The van der Waals surface area contributed by atoms with Gasteiger partial charge in [0.15, 0.2) is 0 Å². The Balaban J connectivity index is 1.69. The van der Waals surface area contributed by atoms with E-state index < -0.39 is 0 Å². The molecule has 0 atom stereocenters. The van der Waals surface area contributed by atoms with Crippen molar-refractivity contribution in [1.82, 2.24) is 10.3 Å². The minimum absolute atomic E-state index is 0.660. The summed E-state index contributed by atoms with van der Waals surface area (Å²) in [7, 11) is 0. The first-order valence-electron chi connectivity index (χ1n) is 6.66. The quantitative estimate of drug-likeness (QED) is 0.943. The number of piperazine rings is 1. The van der Waals surface area contributed by atoms with Gasteiger partial charge in [-0.05, 0) is 30.3 Å². The lowest BCUT2D eigenvalue weighted by atomic mass is 10.3. The van der Waals surface area contributed by atoms with Crippen molar-refractivity contribution in [2.75, 3.05) is 31.1 Å². The summed E-state index contributed by atoms with van der Waals surface area (Å²) >= 11 is 5.93. The highest BCUT2D eigenvalue weighted by Gasteiger charge is 2.11. The van der Waals surface area contributed by atoms with E-state index in [0.717, 1.165) is 32.0 Å². The number of anilines is 1. The second-order valence-electron chi connectivity index (χ2n) is 4.65. The van der Waals surface area contributed by atoms with E-state index in [1.165, 1.54) is 0 Å². The Labute approximate surface area is 123 Å². The summed E-state index contributed by atoms with van der Waals surface area (Å²) in [4.78, 5) is 6.72. The molecule has 1 saturated heterocycles. The third-order valence-corrected chi connectivity index (χ3v) is 3.43. The Kier molecular flexibility index (Phi) is 4.04. The van der Waals surface area contributed by atoms with Crippen molar-refractivity contribution in [1.29, 1.82) is 0 Å². The van der Waals surface area contributed by atoms with Crippen molar-refractivity contribution in [2.45, 2.75) is 0 Å². The average Bonchev–Trinajstić information content (AvgIpc) is 2.49. The molecule has 2 heterocycles. The third-order valence-electron chi connectivity index (χ3n) is 3.19. The molecule has 1 fully saturated rings. The zero-order valence-corrected chi connectivity index (χ0v) is 11.8. The lowest BCUT2D eigenvalue weighted by molar-refractivity contribution is 0.480. The normalized spacial score (nSPS) is 15.2. The van der Waals surface area contributed by atoms with Gasteiger partial charge in [0.2, 0.25) is 0 Å². The minimum Gasteiger partial charge on any atom is -0.456 e. The van der Waals surface area contributed by atoms with Crippen molar-refractivity contribution in [2.24, 2.45) is 0 Å². The van der Waals surface area contributed by atoms with Crippen LogP contribution in [0.1, 0.15) is 0 Å².